The molecule has 76 valence electrons. The first kappa shape index (κ1) is 11.0. The van der Waals surface area contributed by atoms with Gasteiger partial charge >= 0.3 is 10.2 Å². The van der Waals surface area contributed by atoms with Crippen molar-refractivity contribution in [1.29, 1.82) is 0 Å². The molecular weight excluding hydrogens is 326 g/mol. The molecule has 0 amide bonds. The largest absolute Gasteiger partial charge is 0.311 e. The second-order valence-electron chi connectivity index (χ2n) is 2.40. The van der Waals surface area contributed by atoms with E-state index in [1.54, 1.807) is 0 Å². The summed E-state index contributed by atoms with van der Waals surface area (Å²) in [6.07, 6.45) is 0. The summed E-state index contributed by atoms with van der Waals surface area (Å²) in [5, 5.41) is 0. The van der Waals surface area contributed by atoms with Crippen molar-refractivity contribution >= 4 is 32.8 Å². The van der Waals surface area contributed by atoms with E-state index in [9.17, 15) is 19.4 Å². The molecule has 0 saturated carbocycles. The average molecular weight is 330 g/mol. The summed E-state index contributed by atoms with van der Waals surface area (Å²) in [4.78, 5) is -1.82. The van der Waals surface area contributed by atoms with Gasteiger partial charge in [0.2, 0.25) is 0 Å². The van der Waals surface area contributed by atoms with Gasteiger partial charge in [0.15, 0.2) is 0 Å². The minimum absolute atomic E-state index is 0.392. The molecule has 0 bridgehead atoms. The molecule has 0 radical (unpaired) electrons. The lowest BCUT2D eigenvalue weighted by Gasteiger charge is -2.41. The lowest BCUT2D eigenvalue weighted by molar-refractivity contribution is 0.363. The molecule has 7 heteroatoms. The molecule has 1 rings (SSSR count). The van der Waals surface area contributed by atoms with Crippen molar-refractivity contribution in [3.05, 3.63) is 27.8 Å². The van der Waals surface area contributed by atoms with Gasteiger partial charge < -0.3 is 0 Å². The van der Waals surface area contributed by atoms with Crippen LogP contribution in [-0.4, -0.2) is 0 Å². The van der Waals surface area contributed by atoms with Gasteiger partial charge in [-0.3, -0.25) is 0 Å². The Morgan fingerprint density at radius 2 is 1.38 bits per heavy atom. The quantitative estimate of drug-likeness (QED) is 0.505. The summed E-state index contributed by atoms with van der Waals surface area (Å²) >= 11 is 1.24. The molecule has 0 saturated heterocycles. The van der Waals surface area contributed by atoms with E-state index in [0.29, 0.717) is 6.07 Å². The number of halogens is 6. The molecule has 0 atom stereocenters. The lowest BCUT2D eigenvalue weighted by atomic mass is 10.4. The van der Waals surface area contributed by atoms with Gasteiger partial charge in [-0.25, -0.2) is 0 Å². The van der Waals surface area contributed by atoms with Crippen LogP contribution >= 0.6 is 32.8 Å². The fourth-order valence-electron chi connectivity index (χ4n) is 0.758. The van der Waals surface area contributed by atoms with Crippen molar-refractivity contribution in [3.63, 3.8) is 0 Å². The van der Waals surface area contributed by atoms with Crippen LogP contribution in [-0.2, 0) is 0 Å². The van der Waals surface area contributed by atoms with Crippen molar-refractivity contribution in [1.82, 2.24) is 0 Å². The monoisotopic (exact) mass is 330 g/mol. The van der Waals surface area contributed by atoms with Crippen LogP contribution in [0.1, 0.15) is 0 Å². The van der Waals surface area contributed by atoms with Crippen LogP contribution in [0.15, 0.2) is 29.2 Å². The van der Waals surface area contributed by atoms with Crippen LogP contribution < -0.4 is 0 Å². The third-order valence-electron chi connectivity index (χ3n) is 1.25. The zero-order valence-corrected chi connectivity index (χ0v) is 8.96. The highest BCUT2D eigenvalue weighted by Crippen LogP contribution is 3.02. The maximum absolute atomic E-state index is 12.2. The molecule has 1 aromatic rings. The SMILES string of the molecule is FS(F)(F)(F)(F)c1ccccc1I. The van der Waals surface area contributed by atoms with Gasteiger partial charge in [-0.15, -0.1) is 0 Å². The van der Waals surface area contributed by atoms with Crippen LogP contribution in [0.3, 0.4) is 0 Å². The predicted octanol–water partition coefficient (Wildman–Crippen LogP) is 4.95. The smallest absolute Gasteiger partial charge is 0.0936 e. The third kappa shape index (κ3) is 2.70. The number of hydrogen-bond donors (Lipinski definition) is 0. The minimum Gasteiger partial charge on any atom is -0.0936 e. The van der Waals surface area contributed by atoms with Crippen LogP contribution in [0, 0.1) is 3.57 Å². The predicted molar refractivity (Wildman–Crippen MR) is 50.6 cm³/mol. The van der Waals surface area contributed by atoms with E-state index in [-0.39, 0.29) is 0 Å². The summed E-state index contributed by atoms with van der Waals surface area (Å²) < 4.78 is 60.5. The van der Waals surface area contributed by atoms with E-state index in [4.69, 9.17) is 0 Å². The average Bonchev–Trinajstić information content (AvgIpc) is 1.82. The summed E-state index contributed by atoms with van der Waals surface area (Å²) in [6, 6.07) is 3.60. The first-order valence-electron chi connectivity index (χ1n) is 2.99. The molecule has 13 heavy (non-hydrogen) atoms. The summed E-state index contributed by atoms with van der Waals surface area (Å²) in [5.74, 6) is 0. The molecule has 0 heterocycles. The Morgan fingerprint density at radius 3 is 1.69 bits per heavy atom. The highest BCUT2D eigenvalue weighted by atomic mass is 127. The Hall–Kier alpha value is -0.0500. The van der Waals surface area contributed by atoms with E-state index < -0.39 is 18.7 Å². The Bertz CT molecular complexity index is 342. The second kappa shape index (κ2) is 2.30. The highest BCUT2D eigenvalue weighted by molar-refractivity contribution is 14.1. The molecule has 0 aliphatic carbocycles. The topological polar surface area (TPSA) is 0 Å². The Balaban J connectivity index is 3.50. The van der Waals surface area contributed by atoms with Gasteiger partial charge in [-0.2, -0.15) is 0 Å². The lowest BCUT2D eigenvalue weighted by Crippen LogP contribution is -2.07. The normalized spacial score (nSPS) is 17.7. The standard InChI is InChI=1S/C6H4F5IS/c7-13(8,9,10,11)6-4-2-1-3-5(6)12/h1-4H. The zero-order chi connectivity index (χ0) is 10.4. The van der Waals surface area contributed by atoms with Gasteiger partial charge in [-0.1, -0.05) is 31.6 Å². The van der Waals surface area contributed by atoms with Crippen LogP contribution in [0.2, 0.25) is 0 Å². The van der Waals surface area contributed by atoms with Gasteiger partial charge in [-0.05, 0) is 34.7 Å². The maximum atomic E-state index is 12.2. The van der Waals surface area contributed by atoms with Crippen molar-refractivity contribution < 1.29 is 19.4 Å². The first-order chi connectivity index (χ1) is 5.50. The number of rotatable bonds is 1. The van der Waals surface area contributed by atoms with E-state index in [1.165, 1.54) is 28.7 Å². The molecule has 1 aromatic carbocycles. The molecule has 0 aliphatic rings. The van der Waals surface area contributed by atoms with Gasteiger partial charge in [0.1, 0.15) is 4.90 Å². The molecule has 0 nitrogen and oxygen atoms in total. The molecule has 0 aromatic heterocycles. The van der Waals surface area contributed by atoms with E-state index in [1.807, 2.05) is 0 Å². The van der Waals surface area contributed by atoms with Crippen molar-refractivity contribution in [3.8, 4) is 0 Å². The highest BCUT2D eigenvalue weighted by Gasteiger charge is 2.66. The van der Waals surface area contributed by atoms with Crippen LogP contribution in [0.25, 0.3) is 0 Å². The minimum atomic E-state index is -9.48. The second-order valence-corrected chi connectivity index (χ2v) is 5.94. The van der Waals surface area contributed by atoms with Crippen molar-refractivity contribution in [2.24, 2.45) is 0 Å². The van der Waals surface area contributed by atoms with E-state index in [2.05, 4.69) is 0 Å². The fraction of sp³-hybridized carbons (Fsp3) is 0. The third-order valence-corrected chi connectivity index (χ3v) is 3.75. The Labute approximate surface area is 85.0 Å². The zero-order valence-electron chi connectivity index (χ0n) is 5.99. The molecular formula is C6H4F5IS. The van der Waals surface area contributed by atoms with Gasteiger partial charge in [0.05, 0.1) is 0 Å². The Morgan fingerprint density at radius 1 is 0.923 bits per heavy atom. The summed E-state index contributed by atoms with van der Waals surface area (Å²) in [7, 11) is -9.48. The van der Waals surface area contributed by atoms with Crippen molar-refractivity contribution in [2.45, 2.75) is 4.90 Å². The molecule has 0 fully saturated rings. The number of benzene rings is 1. The summed E-state index contributed by atoms with van der Waals surface area (Å²) in [6.45, 7) is 0. The first-order valence-corrected chi connectivity index (χ1v) is 6.02. The van der Waals surface area contributed by atoms with Crippen molar-refractivity contribution in [2.75, 3.05) is 0 Å². The molecule has 0 spiro atoms. The number of hydrogen-bond acceptors (Lipinski definition) is 0. The maximum Gasteiger partial charge on any atom is 0.311 e. The molecule has 0 unspecified atom stereocenters. The fourth-order valence-corrected chi connectivity index (χ4v) is 3.17. The van der Waals surface area contributed by atoms with Crippen LogP contribution in [0.4, 0.5) is 19.4 Å². The van der Waals surface area contributed by atoms with Crippen LogP contribution in [0.5, 0.6) is 0 Å². The van der Waals surface area contributed by atoms with Gasteiger partial charge in [0.25, 0.3) is 0 Å². The van der Waals surface area contributed by atoms with E-state index >= 15 is 0 Å². The van der Waals surface area contributed by atoms with Gasteiger partial charge in [0, 0.05) is 3.57 Å². The summed E-state index contributed by atoms with van der Waals surface area (Å²) in [5.41, 5.74) is 0. The van der Waals surface area contributed by atoms with E-state index in [0.717, 1.165) is 12.1 Å². The molecule has 0 aliphatic heterocycles. The Kier molecular flexibility index (Phi) is 1.95. The molecule has 0 N–H and O–H groups in total.